The predicted molar refractivity (Wildman–Crippen MR) is 145 cm³/mol. The van der Waals surface area contributed by atoms with Crippen LogP contribution in [-0.4, -0.2) is 26.9 Å². The van der Waals surface area contributed by atoms with Crippen molar-refractivity contribution in [2.24, 2.45) is 0 Å². The minimum atomic E-state index is -0.371. The van der Waals surface area contributed by atoms with Crippen molar-refractivity contribution in [1.29, 1.82) is 0 Å². The zero-order valence-corrected chi connectivity index (χ0v) is 22.0. The van der Waals surface area contributed by atoms with Gasteiger partial charge in [-0.1, -0.05) is 67.0 Å². The molecule has 3 aromatic carbocycles. The van der Waals surface area contributed by atoms with E-state index in [1.54, 1.807) is 4.57 Å². The fourth-order valence-corrected chi connectivity index (χ4v) is 4.87. The van der Waals surface area contributed by atoms with Crippen LogP contribution in [-0.2, 0) is 6.42 Å². The first-order valence-corrected chi connectivity index (χ1v) is 12.9. The van der Waals surface area contributed by atoms with E-state index in [0.717, 1.165) is 23.0 Å². The molecule has 0 saturated carbocycles. The standard InChI is InChI=1S/C29H30BrN3O2/c1-4-18-32(28(34)21-10-9-11-22(30)19-21)26(6-3)27-31-25-13-8-7-12-24(25)29(35)33(27)23-16-14-20(5-2)15-17-23/h7-17,19,26H,4-6,18H2,1-3H3. The van der Waals surface area contributed by atoms with Crippen molar-refractivity contribution in [2.75, 3.05) is 6.54 Å². The van der Waals surface area contributed by atoms with Gasteiger partial charge in [0.25, 0.3) is 11.5 Å². The van der Waals surface area contributed by atoms with Gasteiger partial charge in [0.15, 0.2) is 0 Å². The lowest BCUT2D eigenvalue weighted by Gasteiger charge is -2.32. The number of hydrogen-bond donors (Lipinski definition) is 0. The quantitative estimate of drug-likeness (QED) is 0.253. The van der Waals surface area contributed by atoms with E-state index >= 15 is 0 Å². The zero-order valence-electron chi connectivity index (χ0n) is 20.4. The van der Waals surface area contributed by atoms with Crippen molar-refractivity contribution in [2.45, 2.75) is 46.1 Å². The maximum absolute atomic E-state index is 13.8. The van der Waals surface area contributed by atoms with Gasteiger partial charge in [0, 0.05) is 16.6 Å². The molecule has 5 nitrogen and oxygen atoms in total. The summed E-state index contributed by atoms with van der Waals surface area (Å²) in [6.45, 7) is 6.75. The Balaban J connectivity index is 1.93. The molecule has 0 fully saturated rings. The number of aryl methyl sites for hydroxylation is 1. The number of para-hydroxylation sites is 1. The second kappa shape index (κ2) is 11.0. The van der Waals surface area contributed by atoms with Crippen LogP contribution < -0.4 is 5.56 Å². The van der Waals surface area contributed by atoms with Crippen LogP contribution in [0.1, 0.15) is 61.4 Å². The van der Waals surface area contributed by atoms with Gasteiger partial charge in [0.1, 0.15) is 5.82 Å². The molecule has 1 amide bonds. The summed E-state index contributed by atoms with van der Waals surface area (Å²) in [7, 11) is 0. The Hall–Kier alpha value is -3.25. The highest BCUT2D eigenvalue weighted by molar-refractivity contribution is 9.10. The van der Waals surface area contributed by atoms with Crippen molar-refractivity contribution >= 4 is 32.7 Å². The molecular formula is C29H30BrN3O2. The van der Waals surface area contributed by atoms with Gasteiger partial charge in [-0.2, -0.15) is 0 Å². The molecule has 0 radical (unpaired) electrons. The normalized spacial score (nSPS) is 12.0. The third-order valence-electron chi connectivity index (χ3n) is 6.26. The molecule has 6 heteroatoms. The van der Waals surface area contributed by atoms with Crippen LogP contribution in [0.25, 0.3) is 16.6 Å². The lowest BCUT2D eigenvalue weighted by molar-refractivity contribution is 0.0659. The summed E-state index contributed by atoms with van der Waals surface area (Å²) in [5.41, 5.74) is 3.07. The minimum Gasteiger partial charge on any atom is -0.328 e. The number of amides is 1. The third-order valence-corrected chi connectivity index (χ3v) is 6.76. The molecule has 0 bridgehead atoms. The fraction of sp³-hybridized carbons (Fsp3) is 0.276. The van der Waals surface area contributed by atoms with E-state index in [4.69, 9.17) is 4.98 Å². The minimum absolute atomic E-state index is 0.0738. The van der Waals surface area contributed by atoms with Crippen LogP contribution in [0.5, 0.6) is 0 Å². The molecule has 35 heavy (non-hydrogen) atoms. The Morgan fingerprint density at radius 1 is 1.00 bits per heavy atom. The second-order valence-corrected chi connectivity index (χ2v) is 9.50. The van der Waals surface area contributed by atoms with E-state index in [2.05, 4.69) is 29.8 Å². The largest absolute Gasteiger partial charge is 0.328 e. The van der Waals surface area contributed by atoms with Crippen LogP contribution >= 0.6 is 15.9 Å². The highest BCUT2D eigenvalue weighted by Crippen LogP contribution is 2.28. The molecule has 0 aliphatic heterocycles. The summed E-state index contributed by atoms with van der Waals surface area (Å²) < 4.78 is 2.54. The summed E-state index contributed by atoms with van der Waals surface area (Å²) in [5, 5.41) is 0.561. The van der Waals surface area contributed by atoms with Gasteiger partial charge in [-0.3, -0.25) is 14.2 Å². The summed E-state index contributed by atoms with van der Waals surface area (Å²) >= 11 is 3.48. The summed E-state index contributed by atoms with van der Waals surface area (Å²) in [6, 6.07) is 22.5. The van der Waals surface area contributed by atoms with Crippen LogP contribution in [0.15, 0.2) is 82.1 Å². The molecule has 1 unspecified atom stereocenters. The van der Waals surface area contributed by atoms with E-state index in [9.17, 15) is 9.59 Å². The van der Waals surface area contributed by atoms with E-state index < -0.39 is 0 Å². The molecule has 0 N–H and O–H groups in total. The topological polar surface area (TPSA) is 55.2 Å². The Morgan fingerprint density at radius 3 is 2.40 bits per heavy atom. The van der Waals surface area contributed by atoms with E-state index in [0.29, 0.717) is 35.3 Å². The number of aromatic nitrogens is 2. The first-order chi connectivity index (χ1) is 17.0. The molecule has 4 rings (SSSR count). The first kappa shape index (κ1) is 24.9. The van der Waals surface area contributed by atoms with E-state index in [1.165, 1.54) is 5.56 Å². The average molecular weight is 532 g/mol. The Labute approximate surface area is 214 Å². The Kier molecular flexibility index (Phi) is 7.81. The molecule has 0 spiro atoms. The van der Waals surface area contributed by atoms with Crippen molar-refractivity contribution in [3.05, 3.63) is 105 Å². The smallest absolute Gasteiger partial charge is 0.266 e. The number of carbonyl (C=O) groups excluding carboxylic acids is 1. The number of carbonyl (C=O) groups is 1. The summed E-state index contributed by atoms with van der Waals surface area (Å²) in [5.74, 6) is 0.507. The maximum atomic E-state index is 13.8. The number of halogens is 1. The highest BCUT2D eigenvalue weighted by Gasteiger charge is 2.29. The van der Waals surface area contributed by atoms with Gasteiger partial charge in [0.05, 0.1) is 22.6 Å². The predicted octanol–water partition coefficient (Wildman–Crippen LogP) is 6.71. The van der Waals surface area contributed by atoms with E-state index in [1.807, 2.05) is 84.6 Å². The van der Waals surface area contributed by atoms with Gasteiger partial charge in [0.2, 0.25) is 0 Å². The Bertz CT molecular complexity index is 1400. The molecule has 0 aliphatic rings. The van der Waals surface area contributed by atoms with Crippen LogP contribution in [0.2, 0.25) is 0 Å². The van der Waals surface area contributed by atoms with E-state index in [-0.39, 0.29) is 17.5 Å². The molecule has 1 aromatic heterocycles. The number of fused-ring (bicyclic) bond motifs is 1. The van der Waals surface area contributed by atoms with Crippen LogP contribution in [0, 0.1) is 0 Å². The lowest BCUT2D eigenvalue weighted by atomic mass is 10.1. The Morgan fingerprint density at radius 2 is 1.74 bits per heavy atom. The molecule has 0 aliphatic carbocycles. The van der Waals surface area contributed by atoms with Gasteiger partial charge < -0.3 is 4.90 Å². The fourth-order valence-electron chi connectivity index (χ4n) is 4.47. The molecule has 4 aromatic rings. The van der Waals surface area contributed by atoms with Crippen molar-refractivity contribution < 1.29 is 4.79 Å². The molecule has 180 valence electrons. The van der Waals surface area contributed by atoms with Crippen molar-refractivity contribution in [1.82, 2.24) is 14.5 Å². The van der Waals surface area contributed by atoms with Gasteiger partial charge in [-0.25, -0.2) is 4.98 Å². The maximum Gasteiger partial charge on any atom is 0.266 e. The third kappa shape index (κ3) is 5.08. The zero-order chi connectivity index (χ0) is 24.9. The van der Waals surface area contributed by atoms with Gasteiger partial charge >= 0.3 is 0 Å². The molecular weight excluding hydrogens is 502 g/mol. The summed E-state index contributed by atoms with van der Waals surface area (Å²) in [6.07, 6.45) is 2.33. The lowest BCUT2D eigenvalue weighted by Crippen LogP contribution is -2.39. The number of hydrogen-bond acceptors (Lipinski definition) is 3. The SMILES string of the molecule is CCCN(C(=O)c1cccc(Br)c1)C(CC)c1nc2ccccc2c(=O)n1-c1ccc(CC)cc1. The molecule has 0 saturated heterocycles. The number of benzene rings is 3. The molecule has 1 heterocycles. The first-order valence-electron chi connectivity index (χ1n) is 12.2. The highest BCUT2D eigenvalue weighted by atomic mass is 79.9. The number of nitrogens with zero attached hydrogens (tertiary/aromatic N) is 3. The second-order valence-electron chi connectivity index (χ2n) is 8.58. The van der Waals surface area contributed by atoms with Crippen LogP contribution in [0.3, 0.4) is 0 Å². The monoisotopic (exact) mass is 531 g/mol. The average Bonchev–Trinajstić information content (AvgIpc) is 2.88. The van der Waals surface area contributed by atoms with Crippen molar-refractivity contribution in [3.63, 3.8) is 0 Å². The van der Waals surface area contributed by atoms with Crippen LogP contribution in [0.4, 0.5) is 0 Å². The summed E-state index contributed by atoms with van der Waals surface area (Å²) in [4.78, 5) is 34.4. The number of rotatable bonds is 8. The molecule has 1 atom stereocenters. The van der Waals surface area contributed by atoms with Gasteiger partial charge in [-0.05, 0) is 67.3 Å². The van der Waals surface area contributed by atoms with Crippen molar-refractivity contribution in [3.8, 4) is 5.69 Å². The van der Waals surface area contributed by atoms with Gasteiger partial charge in [-0.15, -0.1) is 0 Å².